The first kappa shape index (κ1) is 21.0. The van der Waals surface area contributed by atoms with Gasteiger partial charge in [-0.1, -0.05) is 53.5 Å². The maximum Gasteiger partial charge on any atom is 0.277 e. The number of hydrogen-bond acceptors (Lipinski definition) is 4. The average Bonchev–Trinajstić information content (AvgIpc) is 3.35. The Morgan fingerprint density at radius 2 is 1.87 bits per heavy atom. The van der Waals surface area contributed by atoms with Gasteiger partial charge in [-0.25, -0.2) is 4.68 Å². The van der Waals surface area contributed by atoms with Crippen molar-refractivity contribution < 1.29 is 9.53 Å². The van der Waals surface area contributed by atoms with Crippen LogP contribution in [0.15, 0.2) is 66.9 Å². The Balaban J connectivity index is 1.37. The summed E-state index contributed by atoms with van der Waals surface area (Å²) in [4.78, 5) is 12.6. The molecule has 2 aromatic carbocycles. The second-order valence-corrected chi connectivity index (χ2v) is 7.70. The first-order valence-electron chi connectivity index (χ1n) is 9.49. The lowest BCUT2D eigenvalue weighted by atomic mass is 10.2. The Bertz CT molecular complexity index is 1200. The van der Waals surface area contributed by atoms with Crippen molar-refractivity contribution in [3.63, 3.8) is 0 Å². The van der Waals surface area contributed by atoms with Crippen LogP contribution in [0.25, 0.3) is 0 Å². The molecule has 4 rings (SSSR count). The molecule has 0 saturated heterocycles. The van der Waals surface area contributed by atoms with Crippen LogP contribution in [0.4, 0.5) is 5.82 Å². The summed E-state index contributed by atoms with van der Waals surface area (Å²) in [5.74, 6) is 0.594. The third-order valence-corrected chi connectivity index (χ3v) is 5.05. The zero-order valence-corrected chi connectivity index (χ0v) is 18.1. The van der Waals surface area contributed by atoms with Gasteiger partial charge in [-0.15, -0.1) is 0 Å². The molecule has 0 spiro atoms. The van der Waals surface area contributed by atoms with Crippen LogP contribution in [0.5, 0.6) is 5.75 Å². The van der Waals surface area contributed by atoms with E-state index in [-0.39, 0.29) is 18.3 Å². The molecule has 1 N–H and O–H groups in total. The zero-order chi connectivity index (χ0) is 21.8. The van der Waals surface area contributed by atoms with Crippen LogP contribution < -0.4 is 10.1 Å². The third-order valence-electron chi connectivity index (χ3n) is 4.52. The number of anilines is 1. The Morgan fingerprint density at radius 3 is 2.65 bits per heavy atom. The predicted molar refractivity (Wildman–Crippen MR) is 120 cm³/mol. The standard InChI is InChI=1S/C22H19Cl2N5O2/c1-15-11-21(27-29(15)13-16-5-3-2-4-6-16)25-22(30)19-9-10-28(26-19)14-31-20-8-7-17(23)12-18(20)24/h2-12H,13-14H2,1H3,(H,25,27,30). The molecular formula is C22H19Cl2N5O2. The molecule has 31 heavy (non-hydrogen) atoms. The fraction of sp³-hybridized carbons (Fsp3) is 0.136. The van der Waals surface area contributed by atoms with Crippen molar-refractivity contribution in [3.8, 4) is 5.75 Å². The van der Waals surface area contributed by atoms with Gasteiger partial charge < -0.3 is 10.1 Å². The Labute approximate surface area is 189 Å². The smallest absolute Gasteiger partial charge is 0.277 e. The summed E-state index contributed by atoms with van der Waals surface area (Å²) in [5.41, 5.74) is 2.32. The van der Waals surface area contributed by atoms with Gasteiger partial charge in [0.1, 0.15) is 5.75 Å². The number of ether oxygens (including phenoxy) is 1. The van der Waals surface area contributed by atoms with E-state index in [2.05, 4.69) is 15.5 Å². The number of halogens is 2. The van der Waals surface area contributed by atoms with Crippen molar-refractivity contribution in [2.24, 2.45) is 0 Å². The Kier molecular flexibility index (Phi) is 6.25. The molecule has 0 fully saturated rings. The fourth-order valence-electron chi connectivity index (χ4n) is 2.95. The molecule has 1 amide bonds. The number of hydrogen-bond donors (Lipinski definition) is 1. The summed E-state index contributed by atoms with van der Waals surface area (Å²) in [7, 11) is 0. The van der Waals surface area contributed by atoms with E-state index in [9.17, 15) is 4.79 Å². The fourth-order valence-corrected chi connectivity index (χ4v) is 3.41. The van der Waals surface area contributed by atoms with Crippen LogP contribution in [0, 0.1) is 6.92 Å². The van der Waals surface area contributed by atoms with Crippen LogP contribution in [0.2, 0.25) is 10.0 Å². The summed E-state index contributed by atoms with van der Waals surface area (Å²) in [5, 5.41) is 12.4. The van der Waals surface area contributed by atoms with Crippen molar-refractivity contribution in [2.75, 3.05) is 5.32 Å². The van der Waals surface area contributed by atoms with Crippen molar-refractivity contribution in [1.29, 1.82) is 0 Å². The molecule has 9 heteroatoms. The molecule has 2 heterocycles. The quantitative estimate of drug-likeness (QED) is 0.423. The molecule has 0 aliphatic carbocycles. The van der Waals surface area contributed by atoms with Crippen molar-refractivity contribution in [3.05, 3.63) is 93.9 Å². The highest BCUT2D eigenvalue weighted by molar-refractivity contribution is 6.35. The summed E-state index contributed by atoms with van der Waals surface area (Å²) < 4.78 is 8.97. The van der Waals surface area contributed by atoms with E-state index in [4.69, 9.17) is 27.9 Å². The summed E-state index contributed by atoms with van der Waals surface area (Å²) in [6.07, 6.45) is 1.65. The van der Waals surface area contributed by atoms with E-state index >= 15 is 0 Å². The van der Waals surface area contributed by atoms with Crippen molar-refractivity contribution >= 4 is 34.9 Å². The van der Waals surface area contributed by atoms with Gasteiger partial charge >= 0.3 is 0 Å². The van der Waals surface area contributed by atoms with E-state index in [1.165, 1.54) is 4.68 Å². The van der Waals surface area contributed by atoms with Crippen LogP contribution >= 0.6 is 23.2 Å². The minimum Gasteiger partial charge on any atom is -0.470 e. The summed E-state index contributed by atoms with van der Waals surface area (Å²) >= 11 is 12.0. The normalized spacial score (nSPS) is 10.8. The molecule has 0 aliphatic heterocycles. The predicted octanol–water partition coefficient (Wildman–Crippen LogP) is 5.03. The van der Waals surface area contributed by atoms with E-state index in [0.29, 0.717) is 28.2 Å². The molecule has 0 bridgehead atoms. The number of amides is 1. The molecule has 7 nitrogen and oxygen atoms in total. The lowest BCUT2D eigenvalue weighted by Crippen LogP contribution is -2.15. The number of carbonyl (C=O) groups excluding carboxylic acids is 1. The van der Waals surface area contributed by atoms with Gasteiger partial charge in [0.05, 0.1) is 11.6 Å². The highest BCUT2D eigenvalue weighted by atomic mass is 35.5. The number of aromatic nitrogens is 4. The number of benzene rings is 2. The average molecular weight is 456 g/mol. The van der Waals surface area contributed by atoms with E-state index in [0.717, 1.165) is 11.3 Å². The topological polar surface area (TPSA) is 74.0 Å². The van der Waals surface area contributed by atoms with Gasteiger partial charge in [0, 0.05) is 23.0 Å². The first-order valence-corrected chi connectivity index (χ1v) is 10.2. The minimum absolute atomic E-state index is 0.0967. The number of rotatable bonds is 7. The molecule has 0 aliphatic rings. The third kappa shape index (κ3) is 5.25. The van der Waals surface area contributed by atoms with Crippen molar-refractivity contribution in [2.45, 2.75) is 20.2 Å². The van der Waals surface area contributed by atoms with Gasteiger partial charge in [-0.2, -0.15) is 10.2 Å². The van der Waals surface area contributed by atoms with E-state index in [1.54, 1.807) is 30.5 Å². The maximum atomic E-state index is 12.6. The largest absolute Gasteiger partial charge is 0.470 e. The number of nitrogens with one attached hydrogen (secondary N) is 1. The SMILES string of the molecule is Cc1cc(NC(=O)c2ccn(COc3ccc(Cl)cc3Cl)n2)nn1Cc1ccccc1. The van der Waals surface area contributed by atoms with Gasteiger partial charge in [-0.05, 0) is 36.8 Å². The number of aryl methyl sites for hydroxylation is 1. The molecule has 0 unspecified atom stereocenters. The molecule has 158 valence electrons. The van der Waals surface area contributed by atoms with Crippen LogP contribution in [-0.2, 0) is 13.3 Å². The lowest BCUT2D eigenvalue weighted by molar-refractivity contribution is 0.101. The highest BCUT2D eigenvalue weighted by Crippen LogP contribution is 2.27. The van der Waals surface area contributed by atoms with Gasteiger partial charge in [0.2, 0.25) is 0 Å². The highest BCUT2D eigenvalue weighted by Gasteiger charge is 2.13. The van der Waals surface area contributed by atoms with Crippen LogP contribution in [0.3, 0.4) is 0 Å². The Hall–Kier alpha value is -3.29. The van der Waals surface area contributed by atoms with Gasteiger partial charge in [0.25, 0.3) is 5.91 Å². The second-order valence-electron chi connectivity index (χ2n) is 6.86. The van der Waals surface area contributed by atoms with Crippen LogP contribution in [0.1, 0.15) is 21.7 Å². The van der Waals surface area contributed by atoms with E-state index in [1.807, 2.05) is 48.0 Å². The molecule has 0 atom stereocenters. The summed E-state index contributed by atoms with van der Waals surface area (Å²) in [6, 6.07) is 18.4. The number of nitrogens with zero attached hydrogens (tertiary/aromatic N) is 4. The summed E-state index contributed by atoms with van der Waals surface area (Å²) in [6.45, 7) is 2.67. The molecule has 0 radical (unpaired) electrons. The zero-order valence-electron chi connectivity index (χ0n) is 16.6. The van der Waals surface area contributed by atoms with Crippen LogP contribution in [-0.4, -0.2) is 25.5 Å². The lowest BCUT2D eigenvalue weighted by Gasteiger charge is -2.08. The second kappa shape index (κ2) is 9.24. The molecule has 4 aromatic rings. The molecular weight excluding hydrogens is 437 g/mol. The van der Waals surface area contributed by atoms with E-state index < -0.39 is 0 Å². The first-order chi connectivity index (χ1) is 15.0. The van der Waals surface area contributed by atoms with Gasteiger partial charge in [0.15, 0.2) is 18.2 Å². The molecule has 0 saturated carbocycles. The Morgan fingerprint density at radius 1 is 1.06 bits per heavy atom. The maximum absolute atomic E-state index is 12.6. The number of carbonyl (C=O) groups is 1. The van der Waals surface area contributed by atoms with Crippen molar-refractivity contribution in [1.82, 2.24) is 19.6 Å². The monoisotopic (exact) mass is 455 g/mol. The van der Waals surface area contributed by atoms with Gasteiger partial charge in [-0.3, -0.25) is 9.48 Å². The minimum atomic E-state index is -0.354. The molecule has 2 aromatic heterocycles.